The van der Waals surface area contributed by atoms with E-state index in [0.717, 1.165) is 6.42 Å². The van der Waals surface area contributed by atoms with E-state index in [0.29, 0.717) is 5.76 Å². The van der Waals surface area contributed by atoms with Crippen molar-refractivity contribution in [2.75, 3.05) is 0 Å². The maximum atomic E-state index is 11.9. The standard InChI is InChI=1S/C13H18N2O5.C12H14N2O5.C4H9O.K/c1-4-7-9-10(20-13(2,3)19-9)11(18-7)15-6-5-8(16)14-12(15)17;1-6-8-9(19-12(2,3)18-8)10(17-6)14-5-4-7(15)13-11(14)16;1-4(2,3)5;/h5-7,9-11H,4H2,1-3H3,(H,14,16,17);4-5,8-10H,1H2,2-3H3,(H,13,15,16);1-3H3;/q;;-1;+1/t7-,9?,10+,11-;8?,9-,10+;;/m10../s1. The fourth-order valence-electron chi connectivity index (χ4n) is 5.22. The maximum Gasteiger partial charge on any atom is 1.00 e. The van der Waals surface area contributed by atoms with Crippen LogP contribution in [0.15, 0.2) is 56.0 Å². The molecule has 15 nitrogen and oxygen atoms in total. The average molecular weight is 661 g/mol. The van der Waals surface area contributed by atoms with Crippen molar-refractivity contribution in [2.45, 2.75) is 122 Å². The number of fused-ring (bicyclic) bond motifs is 2. The van der Waals surface area contributed by atoms with Crippen LogP contribution in [0, 0.1) is 0 Å². The Balaban J connectivity index is 0.000000210. The topological polar surface area (TPSA) is 188 Å². The van der Waals surface area contributed by atoms with E-state index in [4.69, 9.17) is 28.4 Å². The molecule has 2 aromatic rings. The normalized spacial score (nSPS) is 30.5. The number of aromatic amines is 2. The molecule has 6 heterocycles. The molecule has 4 aliphatic heterocycles. The molecule has 2 N–H and O–H groups in total. The van der Waals surface area contributed by atoms with Crippen LogP contribution in [-0.2, 0) is 28.4 Å². The van der Waals surface area contributed by atoms with Gasteiger partial charge in [0.2, 0.25) is 6.23 Å². The van der Waals surface area contributed by atoms with Crippen LogP contribution in [-0.4, -0.2) is 66.8 Å². The molecule has 45 heavy (non-hydrogen) atoms. The number of H-pyrrole nitrogens is 2. The van der Waals surface area contributed by atoms with Crippen molar-refractivity contribution in [3.05, 3.63) is 78.5 Å². The van der Waals surface area contributed by atoms with Gasteiger partial charge in [-0.15, -0.1) is 5.60 Å². The van der Waals surface area contributed by atoms with Crippen LogP contribution in [0.3, 0.4) is 0 Å². The minimum absolute atomic E-state index is 0. The van der Waals surface area contributed by atoms with Crippen LogP contribution in [0.25, 0.3) is 0 Å². The van der Waals surface area contributed by atoms with E-state index in [1.165, 1.54) is 33.7 Å². The summed E-state index contributed by atoms with van der Waals surface area (Å²) in [5, 5.41) is 10.1. The van der Waals surface area contributed by atoms with Gasteiger partial charge in [0.05, 0.1) is 6.10 Å². The molecule has 4 aliphatic rings. The van der Waals surface area contributed by atoms with Gasteiger partial charge in [-0.05, 0) is 34.1 Å². The average Bonchev–Trinajstić information content (AvgIpc) is 3.56. The van der Waals surface area contributed by atoms with Crippen LogP contribution < -0.4 is 79.0 Å². The number of nitrogens with one attached hydrogen (secondary N) is 2. The molecule has 244 valence electrons. The molecule has 2 aromatic heterocycles. The molecule has 0 spiro atoms. The minimum atomic E-state index is -0.758. The van der Waals surface area contributed by atoms with Crippen molar-refractivity contribution in [1.82, 2.24) is 19.1 Å². The second-order valence-electron chi connectivity index (χ2n) is 12.7. The number of ether oxygens (including phenoxy) is 6. The number of rotatable bonds is 3. The van der Waals surface area contributed by atoms with Crippen LogP contribution in [0.2, 0.25) is 0 Å². The number of hydrogen-bond donors (Lipinski definition) is 2. The summed E-state index contributed by atoms with van der Waals surface area (Å²) in [6, 6.07) is 2.54. The molecule has 6 rings (SSSR count). The fourth-order valence-corrected chi connectivity index (χ4v) is 5.22. The van der Waals surface area contributed by atoms with Gasteiger partial charge < -0.3 is 33.5 Å². The van der Waals surface area contributed by atoms with E-state index in [1.807, 2.05) is 20.8 Å². The molecule has 0 saturated carbocycles. The summed E-state index contributed by atoms with van der Waals surface area (Å²) >= 11 is 0. The fraction of sp³-hybridized carbons (Fsp3) is 0.655. The van der Waals surface area contributed by atoms with E-state index in [1.54, 1.807) is 34.6 Å². The van der Waals surface area contributed by atoms with Gasteiger partial charge in [-0.25, -0.2) is 9.59 Å². The summed E-state index contributed by atoms with van der Waals surface area (Å²) < 4.78 is 37.1. The molecule has 0 aromatic carbocycles. The summed E-state index contributed by atoms with van der Waals surface area (Å²) in [6.45, 7) is 17.9. The SMILES string of the molecule is C=C1O[C@@H](n2ccc(=O)[nH]c2=O)[C@H]2OC(C)(C)OC12.CC(C)(C)[O-].CC[C@H]1O[C@@H](n2ccc(=O)[nH]c2=O)[C@H]2OC(C)(C)OC12.[K+]. The third-order valence-electron chi connectivity index (χ3n) is 6.78. The third-order valence-corrected chi connectivity index (χ3v) is 6.78. The van der Waals surface area contributed by atoms with E-state index in [2.05, 4.69) is 16.5 Å². The largest absolute Gasteiger partial charge is 1.00 e. The third kappa shape index (κ3) is 9.22. The van der Waals surface area contributed by atoms with Gasteiger partial charge in [-0.3, -0.25) is 28.7 Å². The van der Waals surface area contributed by atoms with Gasteiger partial charge in [0.15, 0.2) is 23.9 Å². The van der Waals surface area contributed by atoms with Gasteiger partial charge in [-0.1, -0.05) is 34.3 Å². The molecule has 4 saturated heterocycles. The van der Waals surface area contributed by atoms with Crippen molar-refractivity contribution < 1.29 is 84.9 Å². The van der Waals surface area contributed by atoms with Crippen molar-refractivity contribution in [2.24, 2.45) is 0 Å². The Labute approximate surface area is 302 Å². The quantitative estimate of drug-likeness (QED) is 0.335. The molecule has 2 unspecified atom stereocenters. The first-order valence-electron chi connectivity index (χ1n) is 14.3. The maximum absolute atomic E-state index is 11.9. The second-order valence-corrected chi connectivity index (χ2v) is 12.7. The summed E-state index contributed by atoms with van der Waals surface area (Å²) in [5.74, 6) is -1.04. The van der Waals surface area contributed by atoms with Crippen LogP contribution in [0.4, 0.5) is 0 Å². The minimum Gasteiger partial charge on any atom is -0.850 e. The van der Waals surface area contributed by atoms with Crippen LogP contribution in [0.5, 0.6) is 0 Å². The summed E-state index contributed by atoms with van der Waals surface area (Å²) in [7, 11) is 0. The van der Waals surface area contributed by atoms with E-state index >= 15 is 0 Å². The molecule has 0 radical (unpaired) electrons. The molecular weight excluding hydrogens is 619 g/mol. The monoisotopic (exact) mass is 660 g/mol. The van der Waals surface area contributed by atoms with E-state index in [9.17, 15) is 24.3 Å². The predicted molar refractivity (Wildman–Crippen MR) is 154 cm³/mol. The smallest absolute Gasteiger partial charge is 0.850 e. The van der Waals surface area contributed by atoms with Crippen LogP contribution in [0.1, 0.15) is 74.3 Å². The summed E-state index contributed by atoms with van der Waals surface area (Å²) in [5.41, 5.74) is -2.71. The number of aromatic nitrogens is 4. The summed E-state index contributed by atoms with van der Waals surface area (Å²) in [4.78, 5) is 50.3. The Kier molecular flexibility index (Phi) is 11.9. The van der Waals surface area contributed by atoms with Crippen LogP contribution >= 0.6 is 0 Å². The van der Waals surface area contributed by atoms with Crippen molar-refractivity contribution in [3.63, 3.8) is 0 Å². The molecule has 16 heteroatoms. The first-order valence-corrected chi connectivity index (χ1v) is 14.3. The zero-order chi connectivity index (χ0) is 32.8. The Morgan fingerprint density at radius 3 is 1.76 bits per heavy atom. The molecular formula is C29H41KN4O11. The molecule has 4 fully saturated rings. The van der Waals surface area contributed by atoms with Crippen molar-refractivity contribution in [1.29, 1.82) is 0 Å². The predicted octanol–water partition coefficient (Wildman–Crippen LogP) is -2.39. The zero-order valence-corrected chi connectivity index (χ0v) is 30.3. The van der Waals surface area contributed by atoms with Gasteiger partial charge in [0, 0.05) is 24.5 Å². The molecule has 0 bridgehead atoms. The molecule has 7 atom stereocenters. The second kappa shape index (κ2) is 14.2. The summed E-state index contributed by atoms with van der Waals surface area (Å²) in [6.07, 6.45) is 0.689. The van der Waals surface area contributed by atoms with Crippen molar-refractivity contribution >= 4 is 0 Å². The molecule has 0 aliphatic carbocycles. The Morgan fingerprint density at radius 2 is 1.27 bits per heavy atom. The van der Waals surface area contributed by atoms with Gasteiger partial charge in [-0.2, -0.15) is 0 Å². The van der Waals surface area contributed by atoms with Gasteiger partial charge >= 0.3 is 62.8 Å². The van der Waals surface area contributed by atoms with E-state index in [-0.39, 0.29) is 69.7 Å². The van der Waals surface area contributed by atoms with Crippen molar-refractivity contribution in [3.8, 4) is 0 Å². The Hall–Kier alpha value is -1.70. The zero-order valence-electron chi connectivity index (χ0n) is 27.2. The Bertz CT molecular complexity index is 1580. The Morgan fingerprint density at radius 1 is 0.822 bits per heavy atom. The van der Waals surface area contributed by atoms with Gasteiger partial charge in [0.25, 0.3) is 11.1 Å². The number of nitrogens with zero attached hydrogens (tertiary/aromatic N) is 2. The number of hydrogen-bond acceptors (Lipinski definition) is 11. The first kappa shape index (κ1) is 37.8. The molecule has 0 amide bonds. The van der Waals surface area contributed by atoms with Gasteiger partial charge in [0.1, 0.15) is 24.1 Å². The van der Waals surface area contributed by atoms with E-state index < -0.39 is 64.3 Å². The first-order chi connectivity index (χ1) is 20.3.